The predicted molar refractivity (Wildman–Crippen MR) is 64.7 cm³/mol. The Morgan fingerprint density at radius 1 is 1.53 bits per heavy atom. The Morgan fingerprint density at radius 2 is 2.18 bits per heavy atom. The van der Waals surface area contributed by atoms with Crippen molar-refractivity contribution in [3.05, 3.63) is 29.8 Å². The van der Waals surface area contributed by atoms with Gasteiger partial charge in [-0.2, -0.15) is 0 Å². The molecule has 1 unspecified atom stereocenters. The minimum atomic E-state index is -1.20. The molecule has 0 amide bonds. The molecule has 0 aliphatic heterocycles. The van der Waals surface area contributed by atoms with Gasteiger partial charge in [0.2, 0.25) is 0 Å². The van der Waals surface area contributed by atoms with Crippen LogP contribution in [0.2, 0.25) is 0 Å². The summed E-state index contributed by atoms with van der Waals surface area (Å²) in [4.78, 5) is 11.1. The molecule has 1 aromatic carbocycles. The van der Waals surface area contributed by atoms with Crippen LogP contribution in [0.4, 0.5) is 0 Å². The first-order valence-electron chi connectivity index (χ1n) is 5.45. The summed E-state index contributed by atoms with van der Waals surface area (Å²) < 4.78 is 5.45. The molecular formula is C12H18N2O3. The van der Waals surface area contributed by atoms with Crippen molar-refractivity contribution in [2.24, 2.45) is 5.84 Å². The number of para-hydroxylation sites is 1. The van der Waals surface area contributed by atoms with Crippen molar-refractivity contribution in [3.8, 4) is 5.75 Å². The van der Waals surface area contributed by atoms with E-state index in [9.17, 15) is 4.79 Å². The average Bonchev–Trinajstić information content (AvgIpc) is 2.31. The van der Waals surface area contributed by atoms with E-state index in [-0.39, 0.29) is 6.42 Å². The molecule has 0 spiro atoms. The van der Waals surface area contributed by atoms with Crippen molar-refractivity contribution < 1.29 is 14.6 Å². The lowest BCUT2D eigenvalue weighted by molar-refractivity contribution is -0.144. The highest BCUT2D eigenvalue weighted by molar-refractivity contribution is 5.78. The highest BCUT2D eigenvalue weighted by Crippen LogP contribution is 2.23. The molecule has 94 valence electrons. The van der Waals surface area contributed by atoms with Crippen molar-refractivity contribution in [3.63, 3.8) is 0 Å². The van der Waals surface area contributed by atoms with Crippen LogP contribution in [0.5, 0.6) is 5.75 Å². The fourth-order valence-corrected chi connectivity index (χ4v) is 1.52. The van der Waals surface area contributed by atoms with Crippen LogP contribution in [-0.2, 0) is 11.2 Å². The molecule has 4 N–H and O–H groups in total. The van der Waals surface area contributed by atoms with Gasteiger partial charge in [-0.3, -0.25) is 10.6 Å². The first-order chi connectivity index (χ1) is 8.03. The van der Waals surface area contributed by atoms with E-state index in [0.717, 1.165) is 5.56 Å². The number of nitrogens with one attached hydrogen (secondary N) is 1. The Balaban J connectivity index is 2.97. The Labute approximate surface area is 101 Å². The molecule has 0 bridgehead atoms. The number of rotatable bonds is 6. The number of nitrogens with two attached hydrogens (primary N) is 1. The number of carbonyl (C=O) groups is 1. The van der Waals surface area contributed by atoms with Gasteiger partial charge in [0, 0.05) is 6.42 Å². The van der Waals surface area contributed by atoms with Gasteiger partial charge in [0.05, 0.1) is 6.61 Å². The maximum atomic E-state index is 11.1. The van der Waals surface area contributed by atoms with Crippen LogP contribution in [0.15, 0.2) is 24.3 Å². The normalized spacial score (nSPS) is 14.1. The molecule has 0 saturated carbocycles. The first-order valence-corrected chi connectivity index (χ1v) is 5.45. The summed E-state index contributed by atoms with van der Waals surface area (Å²) in [5.41, 5.74) is 1.96. The minimum Gasteiger partial charge on any atom is -0.494 e. The largest absolute Gasteiger partial charge is 0.494 e. The lowest BCUT2D eigenvalue weighted by Crippen LogP contribution is -2.54. The van der Waals surface area contributed by atoms with Crippen LogP contribution in [-0.4, -0.2) is 23.2 Å². The van der Waals surface area contributed by atoms with E-state index in [4.69, 9.17) is 15.7 Å². The molecule has 0 saturated heterocycles. The van der Waals surface area contributed by atoms with Crippen molar-refractivity contribution in [2.45, 2.75) is 25.8 Å². The summed E-state index contributed by atoms with van der Waals surface area (Å²) >= 11 is 0. The van der Waals surface area contributed by atoms with Crippen molar-refractivity contribution in [1.29, 1.82) is 0 Å². The standard InChI is InChI=1S/C12H18N2O3/c1-3-17-10-7-5-4-6-9(10)8-12(2,14-13)11(15)16/h4-7,14H,3,8,13H2,1-2H3,(H,15,16). The molecule has 0 aliphatic carbocycles. The van der Waals surface area contributed by atoms with E-state index >= 15 is 0 Å². The van der Waals surface area contributed by atoms with E-state index in [1.54, 1.807) is 0 Å². The van der Waals surface area contributed by atoms with E-state index in [2.05, 4.69) is 5.43 Å². The van der Waals surface area contributed by atoms with Gasteiger partial charge >= 0.3 is 5.97 Å². The van der Waals surface area contributed by atoms with Crippen LogP contribution in [0.1, 0.15) is 19.4 Å². The highest BCUT2D eigenvalue weighted by atomic mass is 16.5. The number of hydrogen-bond donors (Lipinski definition) is 3. The molecule has 1 rings (SSSR count). The zero-order valence-corrected chi connectivity index (χ0v) is 10.1. The monoisotopic (exact) mass is 238 g/mol. The molecule has 0 aromatic heterocycles. The summed E-state index contributed by atoms with van der Waals surface area (Å²) in [6, 6.07) is 7.35. The van der Waals surface area contributed by atoms with E-state index in [1.807, 2.05) is 31.2 Å². The fraction of sp³-hybridized carbons (Fsp3) is 0.417. The van der Waals surface area contributed by atoms with Crippen LogP contribution in [0.3, 0.4) is 0 Å². The van der Waals surface area contributed by atoms with E-state index in [0.29, 0.717) is 12.4 Å². The topological polar surface area (TPSA) is 84.6 Å². The van der Waals surface area contributed by atoms with Crippen LogP contribution >= 0.6 is 0 Å². The van der Waals surface area contributed by atoms with E-state index in [1.165, 1.54) is 6.92 Å². The number of hydrazine groups is 1. The molecular weight excluding hydrogens is 220 g/mol. The highest BCUT2D eigenvalue weighted by Gasteiger charge is 2.32. The lowest BCUT2D eigenvalue weighted by Gasteiger charge is -2.24. The van der Waals surface area contributed by atoms with Crippen LogP contribution in [0.25, 0.3) is 0 Å². The van der Waals surface area contributed by atoms with Gasteiger partial charge in [0.15, 0.2) is 0 Å². The van der Waals surface area contributed by atoms with Gasteiger partial charge in [-0.1, -0.05) is 18.2 Å². The number of ether oxygens (including phenoxy) is 1. The Kier molecular flexibility index (Phi) is 4.48. The Hall–Kier alpha value is -1.59. The zero-order chi connectivity index (χ0) is 12.9. The molecule has 0 heterocycles. The second-order valence-electron chi connectivity index (χ2n) is 4.00. The first kappa shape index (κ1) is 13.5. The summed E-state index contributed by atoms with van der Waals surface area (Å²) in [5, 5.41) is 9.13. The van der Waals surface area contributed by atoms with Gasteiger partial charge in [0.1, 0.15) is 11.3 Å². The molecule has 0 fully saturated rings. The Morgan fingerprint density at radius 3 is 2.71 bits per heavy atom. The molecule has 1 aromatic rings. The molecule has 0 radical (unpaired) electrons. The van der Waals surface area contributed by atoms with Crippen LogP contribution < -0.4 is 16.0 Å². The minimum absolute atomic E-state index is 0.259. The van der Waals surface area contributed by atoms with Gasteiger partial charge in [-0.15, -0.1) is 0 Å². The van der Waals surface area contributed by atoms with Crippen molar-refractivity contribution in [2.75, 3.05) is 6.61 Å². The maximum Gasteiger partial charge on any atom is 0.325 e. The predicted octanol–water partition coefficient (Wildman–Crippen LogP) is 0.934. The summed E-state index contributed by atoms with van der Waals surface area (Å²) in [5.74, 6) is 5.01. The second kappa shape index (κ2) is 5.65. The smallest absolute Gasteiger partial charge is 0.325 e. The van der Waals surface area contributed by atoms with Crippen molar-refractivity contribution >= 4 is 5.97 Å². The fourth-order valence-electron chi connectivity index (χ4n) is 1.52. The average molecular weight is 238 g/mol. The van der Waals surface area contributed by atoms with Crippen molar-refractivity contribution in [1.82, 2.24) is 5.43 Å². The second-order valence-corrected chi connectivity index (χ2v) is 4.00. The lowest BCUT2D eigenvalue weighted by atomic mass is 9.93. The maximum absolute atomic E-state index is 11.1. The SMILES string of the molecule is CCOc1ccccc1CC(C)(NN)C(=O)O. The Bertz CT molecular complexity index is 395. The number of benzene rings is 1. The third kappa shape index (κ3) is 3.18. The number of hydrogen-bond acceptors (Lipinski definition) is 4. The molecule has 1 atom stereocenters. The van der Waals surface area contributed by atoms with Gasteiger partial charge in [0.25, 0.3) is 0 Å². The zero-order valence-electron chi connectivity index (χ0n) is 10.1. The number of aliphatic carboxylic acids is 1. The van der Waals surface area contributed by atoms with Crippen LogP contribution in [0, 0.1) is 0 Å². The third-order valence-electron chi connectivity index (χ3n) is 2.61. The third-order valence-corrected chi connectivity index (χ3v) is 2.61. The van der Waals surface area contributed by atoms with Gasteiger partial charge < -0.3 is 9.84 Å². The number of carboxylic acid groups (broad SMARTS) is 1. The summed E-state index contributed by atoms with van der Waals surface area (Å²) in [6.45, 7) is 3.96. The van der Waals surface area contributed by atoms with Gasteiger partial charge in [-0.25, -0.2) is 5.43 Å². The molecule has 5 heteroatoms. The molecule has 5 nitrogen and oxygen atoms in total. The van der Waals surface area contributed by atoms with Gasteiger partial charge in [-0.05, 0) is 25.5 Å². The summed E-state index contributed by atoms with van der Waals surface area (Å²) in [6.07, 6.45) is 0.259. The quantitative estimate of drug-likeness (QED) is 0.507. The molecule has 0 aliphatic rings. The summed E-state index contributed by atoms with van der Waals surface area (Å²) in [7, 11) is 0. The number of carboxylic acids is 1. The van der Waals surface area contributed by atoms with E-state index < -0.39 is 11.5 Å². The molecule has 17 heavy (non-hydrogen) atoms.